The van der Waals surface area contributed by atoms with Crippen molar-refractivity contribution in [3.8, 4) is 0 Å². The predicted octanol–water partition coefficient (Wildman–Crippen LogP) is 4.00. The Labute approximate surface area is 139 Å². The molecular formula is C16H20IN3O. The number of methoxy groups -OCH3 is 1. The lowest BCUT2D eigenvalue weighted by molar-refractivity contribution is 0.185. The SMILES string of the molecule is CCN(c1nc(C)cc(C)n1)c1ccc(COC)cc1I. The third-order valence-electron chi connectivity index (χ3n) is 3.14. The third kappa shape index (κ3) is 3.91. The van der Waals surface area contributed by atoms with Crippen LogP contribution in [0.4, 0.5) is 11.6 Å². The zero-order valence-corrected chi connectivity index (χ0v) is 15.0. The molecule has 1 aromatic carbocycles. The zero-order chi connectivity index (χ0) is 15.4. The van der Waals surface area contributed by atoms with Crippen molar-refractivity contribution in [1.29, 1.82) is 0 Å². The van der Waals surface area contributed by atoms with Gasteiger partial charge >= 0.3 is 0 Å². The molecule has 2 rings (SSSR count). The molecule has 0 amide bonds. The number of rotatable bonds is 5. The van der Waals surface area contributed by atoms with Crippen LogP contribution in [0.2, 0.25) is 0 Å². The van der Waals surface area contributed by atoms with Crippen LogP contribution in [0.25, 0.3) is 0 Å². The van der Waals surface area contributed by atoms with Crippen LogP contribution in [-0.4, -0.2) is 23.6 Å². The summed E-state index contributed by atoms with van der Waals surface area (Å²) in [6.45, 7) is 7.56. The average Bonchev–Trinajstić information content (AvgIpc) is 2.41. The van der Waals surface area contributed by atoms with Crippen molar-refractivity contribution in [3.05, 3.63) is 44.8 Å². The van der Waals surface area contributed by atoms with E-state index in [2.05, 4.69) is 62.6 Å². The maximum atomic E-state index is 5.18. The van der Waals surface area contributed by atoms with Crippen molar-refractivity contribution in [1.82, 2.24) is 9.97 Å². The second-order valence-electron chi connectivity index (χ2n) is 4.91. The van der Waals surface area contributed by atoms with Crippen LogP contribution in [0.5, 0.6) is 0 Å². The Hall–Kier alpha value is -1.21. The molecule has 0 saturated heterocycles. The Kier molecular flexibility index (Phi) is 5.52. The molecule has 1 heterocycles. The molecule has 0 aliphatic rings. The normalized spacial score (nSPS) is 10.7. The van der Waals surface area contributed by atoms with E-state index < -0.39 is 0 Å². The molecule has 21 heavy (non-hydrogen) atoms. The van der Waals surface area contributed by atoms with Crippen LogP contribution >= 0.6 is 22.6 Å². The molecule has 0 bridgehead atoms. The number of benzene rings is 1. The van der Waals surface area contributed by atoms with Gasteiger partial charge in [0.15, 0.2) is 0 Å². The van der Waals surface area contributed by atoms with E-state index in [9.17, 15) is 0 Å². The minimum absolute atomic E-state index is 0.627. The molecule has 2 aromatic rings. The molecule has 0 atom stereocenters. The maximum absolute atomic E-state index is 5.18. The fourth-order valence-electron chi connectivity index (χ4n) is 2.27. The lowest BCUT2D eigenvalue weighted by Crippen LogP contribution is -2.20. The first-order chi connectivity index (χ1) is 10.0. The summed E-state index contributed by atoms with van der Waals surface area (Å²) in [6.07, 6.45) is 0. The molecule has 0 saturated carbocycles. The van der Waals surface area contributed by atoms with Crippen LogP contribution < -0.4 is 4.90 Å². The zero-order valence-electron chi connectivity index (χ0n) is 12.9. The van der Waals surface area contributed by atoms with E-state index in [0.717, 1.165) is 29.6 Å². The summed E-state index contributed by atoms with van der Waals surface area (Å²) in [5.74, 6) is 0.757. The van der Waals surface area contributed by atoms with Crippen molar-refractivity contribution < 1.29 is 4.74 Å². The molecule has 0 aliphatic heterocycles. The molecule has 0 radical (unpaired) electrons. The van der Waals surface area contributed by atoms with E-state index in [1.165, 1.54) is 9.13 Å². The molecule has 0 unspecified atom stereocenters. The van der Waals surface area contributed by atoms with Crippen molar-refractivity contribution >= 4 is 34.2 Å². The number of ether oxygens (including phenoxy) is 1. The number of hydrogen-bond donors (Lipinski definition) is 0. The second-order valence-corrected chi connectivity index (χ2v) is 6.08. The van der Waals surface area contributed by atoms with E-state index in [1.807, 2.05) is 19.9 Å². The molecule has 0 spiro atoms. The highest BCUT2D eigenvalue weighted by atomic mass is 127. The largest absolute Gasteiger partial charge is 0.380 e. The first-order valence-electron chi connectivity index (χ1n) is 6.92. The molecule has 0 N–H and O–H groups in total. The molecule has 4 nitrogen and oxygen atoms in total. The summed E-state index contributed by atoms with van der Waals surface area (Å²) in [7, 11) is 1.71. The predicted molar refractivity (Wildman–Crippen MR) is 94.1 cm³/mol. The number of anilines is 2. The third-order valence-corrected chi connectivity index (χ3v) is 4.01. The van der Waals surface area contributed by atoms with Crippen LogP contribution in [0.1, 0.15) is 23.9 Å². The number of aryl methyl sites for hydroxylation is 2. The van der Waals surface area contributed by atoms with Gasteiger partial charge in [-0.25, -0.2) is 9.97 Å². The van der Waals surface area contributed by atoms with Gasteiger partial charge in [-0.3, -0.25) is 0 Å². The van der Waals surface area contributed by atoms with E-state index in [-0.39, 0.29) is 0 Å². The summed E-state index contributed by atoms with van der Waals surface area (Å²) >= 11 is 2.36. The molecule has 1 aromatic heterocycles. The van der Waals surface area contributed by atoms with Gasteiger partial charge < -0.3 is 9.64 Å². The highest BCUT2D eigenvalue weighted by Crippen LogP contribution is 2.28. The van der Waals surface area contributed by atoms with Crippen molar-refractivity contribution in [3.63, 3.8) is 0 Å². The van der Waals surface area contributed by atoms with Crippen LogP contribution in [0, 0.1) is 17.4 Å². The smallest absolute Gasteiger partial charge is 0.230 e. The van der Waals surface area contributed by atoms with Gasteiger partial charge in [0.1, 0.15) is 0 Å². The van der Waals surface area contributed by atoms with Gasteiger partial charge in [0, 0.05) is 28.6 Å². The summed E-state index contributed by atoms with van der Waals surface area (Å²) in [5.41, 5.74) is 4.27. The lowest BCUT2D eigenvalue weighted by Gasteiger charge is -2.23. The molecule has 0 fully saturated rings. The number of nitrogens with zero attached hydrogens (tertiary/aromatic N) is 3. The minimum atomic E-state index is 0.627. The Balaban J connectivity index is 2.41. The van der Waals surface area contributed by atoms with Crippen molar-refractivity contribution in [2.45, 2.75) is 27.4 Å². The van der Waals surface area contributed by atoms with Gasteiger partial charge in [0.05, 0.1) is 12.3 Å². The maximum Gasteiger partial charge on any atom is 0.230 e. The second kappa shape index (κ2) is 7.17. The van der Waals surface area contributed by atoms with E-state index >= 15 is 0 Å². The molecule has 0 aliphatic carbocycles. The lowest BCUT2D eigenvalue weighted by atomic mass is 10.2. The van der Waals surface area contributed by atoms with Gasteiger partial charge in [0.25, 0.3) is 0 Å². The Morgan fingerprint density at radius 3 is 2.33 bits per heavy atom. The highest BCUT2D eigenvalue weighted by molar-refractivity contribution is 14.1. The summed E-state index contributed by atoms with van der Waals surface area (Å²) in [5, 5.41) is 0. The number of hydrogen-bond acceptors (Lipinski definition) is 4. The topological polar surface area (TPSA) is 38.2 Å². The summed E-state index contributed by atoms with van der Waals surface area (Å²) in [6, 6.07) is 8.33. The first-order valence-corrected chi connectivity index (χ1v) is 8.00. The summed E-state index contributed by atoms with van der Waals surface area (Å²) in [4.78, 5) is 11.3. The molecule has 5 heteroatoms. The van der Waals surface area contributed by atoms with Gasteiger partial charge in [0.2, 0.25) is 5.95 Å². The van der Waals surface area contributed by atoms with E-state index in [0.29, 0.717) is 6.61 Å². The van der Waals surface area contributed by atoms with Gasteiger partial charge in [-0.1, -0.05) is 6.07 Å². The quantitative estimate of drug-likeness (QED) is 0.715. The Morgan fingerprint density at radius 2 is 1.81 bits per heavy atom. The van der Waals surface area contributed by atoms with E-state index in [4.69, 9.17) is 4.74 Å². The van der Waals surface area contributed by atoms with Crippen molar-refractivity contribution in [2.24, 2.45) is 0 Å². The monoisotopic (exact) mass is 397 g/mol. The molecular weight excluding hydrogens is 377 g/mol. The average molecular weight is 397 g/mol. The van der Waals surface area contributed by atoms with E-state index in [1.54, 1.807) is 7.11 Å². The van der Waals surface area contributed by atoms with Gasteiger partial charge in [-0.05, 0) is 67.1 Å². The van der Waals surface area contributed by atoms with Gasteiger partial charge in [-0.2, -0.15) is 0 Å². The minimum Gasteiger partial charge on any atom is -0.380 e. The van der Waals surface area contributed by atoms with Crippen molar-refractivity contribution in [2.75, 3.05) is 18.6 Å². The number of halogens is 1. The number of aromatic nitrogens is 2. The molecule has 112 valence electrons. The fourth-order valence-corrected chi connectivity index (χ4v) is 3.14. The summed E-state index contributed by atoms with van der Waals surface area (Å²) < 4.78 is 6.36. The standard InChI is InChI=1S/C16H20IN3O/c1-5-20(16-18-11(2)8-12(3)19-16)15-7-6-13(10-21-4)9-14(15)17/h6-9H,5,10H2,1-4H3. The van der Waals surface area contributed by atoms with Crippen LogP contribution in [-0.2, 0) is 11.3 Å². The fraction of sp³-hybridized carbons (Fsp3) is 0.375. The first kappa shape index (κ1) is 16.2. The van der Waals surface area contributed by atoms with Crippen LogP contribution in [0.3, 0.4) is 0 Å². The highest BCUT2D eigenvalue weighted by Gasteiger charge is 2.14. The van der Waals surface area contributed by atoms with Crippen LogP contribution in [0.15, 0.2) is 24.3 Å². The van der Waals surface area contributed by atoms with Gasteiger partial charge in [-0.15, -0.1) is 0 Å². The Morgan fingerprint density at radius 1 is 1.14 bits per heavy atom. The Bertz CT molecular complexity index is 611.